The van der Waals surface area contributed by atoms with Gasteiger partial charge in [0.05, 0.1) is 16.6 Å². The molecule has 1 spiro atoms. The Hall–Kier alpha value is -2.06. The first-order valence-electron chi connectivity index (χ1n) is 13.1. The summed E-state index contributed by atoms with van der Waals surface area (Å²) in [5.41, 5.74) is 0.725. The van der Waals surface area contributed by atoms with Crippen LogP contribution in [0.4, 0.5) is 5.69 Å². The highest BCUT2D eigenvalue weighted by atomic mass is 32.2. The van der Waals surface area contributed by atoms with E-state index in [0.717, 1.165) is 57.1 Å². The van der Waals surface area contributed by atoms with Crippen LogP contribution in [-0.4, -0.2) is 63.0 Å². The molecule has 5 atom stereocenters. The average molecular weight is 502 g/mol. The Morgan fingerprint density at radius 1 is 1.09 bits per heavy atom. The highest BCUT2D eigenvalue weighted by molar-refractivity contribution is 8.02. The number of aliphatic hydroxyl groups is 1. The lowest BCUT2D eigenvalue weighted by atomic mass is 9.66. The van der Waals surface area contributed by atoms with Crippen molar-refractivity contribution in [3.05, 3.63) is 30.3 Å². The van der Waals surface area contributed by atoms with Crippen LogP contribution >= 0.6 is 11.8 Å². The molecule has 3 fully saturated rings. The van der Waals surface area contributed by atoms with E-state index in [9.17, 15) is 14.4 Å². The smallest absolute Gasteiger partial charge is 0.244 e. The molecule has 0 radical (unpaired) electrons. The topological polar surface area (TPSA) is 98.7 Å². The Kier molecular flexibility index (Phi) is 8.11. The lowest BCUT2D eigenvalue weighted by Gasteiger charge is -2.34. The number of hydrogen-bond donors (Lipinski definition) is 3. The molecule has 0 aliphatic carbocycles. The summed E-state index contributed by atoms with van der Waals surface area (Å²) < 4.78 is -0.930. The molecule has 7 nitrogen and oxygen atoms in total. The highest BCUT2D eigenvalue weighted by Crippen LogP contribution is 2.71. The summed E-state index contributed by atoms with van der Waals surface area (Å²) in [7, 11) is 0. The first-order valence-corrected chi connectivity index (χ1v) is 13.9. The number of unbranched alkanes of at least 4 members (excludes halogenated alkanes) is 4. The van der Waals surface area contributed by atoms with Gasteiger partial charge in [-0.25, -0.2) is 0 Å². The number of thioether (sulfide) groups is 1. The zero-order valence-corrected chi connectivity index (χ0v) is 21.7. The second-order valence-corrected chi connectivity index (χ2v) is 12.3. The summed E-state index contributed by atoms with van der Waals surface area (Å²) in [6.07, 6.45) is 6.81. The maximum Gasteiger partial charge on any atom is 0.244 e. The van der Waals surface area contributed by atoms with Crippen molar-refractivity contribution >= 4 is 35.2 Å². The van der Waals surface area contributed by atoms with E-state index in [1.165, 1.54) is 0 Å². The van der Waals surface area contributed by atoms with Gasteiger partial charge in [-0.2, -0.15) is 0 Å². The van der Waals surface area contributed by atoms with Gasteiger partial charge < -0.3 is 20.6 Å². The zero-order chi connectivity index (χ0) is 25.1. The first kappa shape index (κ1) is 26.0. The van der Waals surface area contributed by atoms with E-state index in [1.807, 2.05) is 30.3 Å². The van der Waals surface area contributed by atoms with Crippen LogP contribution in [0.2, 0.25) is 0 Å². The molecule has 3 heterocycles. The van der Waals surface area contributed by atoms with Crippen LogP contribution in [0, 0.1) is 11.8 Å². The van der Waals surface area contributed by atoms with Gasteiger partial charge in [0.25, 0.3) is 0 Å². The molecule has 3 aliphatic rings. The van der Waals surface area contributed by atoms with Gasteiger partial charge in [-0.3, -0.25) is 14.4 Å². The zero-order valence-electron chi connectivity index (χ0n) is 20.9. The Morgan fingerprint density at radius 3 is 2.54 bits per heavy atom. The highest BCUT2D eigenvalue weighted by Gasteiger charge is 2.76. The van der Waals surface area contributed by atoms with Crippen LogP contribution in [0.15, 0.2) is 30.3 Å². The molecule has 3 N–H and O–H groups in total. The number of likely N-dealkylation sites (tertiary alicyclic amines) is 1. The second kappa shape index (κ2) is 10.9. The number of fused-ring (bicyclic) bond motifs is 1. The van der Waals surface area contributed by atoms with Gasteiger partial charge in [-0.05, 0) is 51.2 Å². The third kappa shape index (κ3) is 4.84. The molecule has 2 unspecified atom stereocenters. The van der Waals surface area contributed by atoms with Crippen LogP contribution in [0.25, 0.3) is 0 Å². The molecular formula is C27H39N3O4S. The fraction of sp³-hybridized carbons (Fsp3) is 0.667. The van der Waals surface area contributed by atoms with Gasteiger partial charge in [-0.1, -0.05) is 44.4 Å². The monoisotopic (exact) mass is 501 g/mol. The molecule has 8 heteroatoms. The number of anilines is 1. The van der Waals surface area contributed by atoms with Crippen LogP contribution in [-0.2, 0) is 14.4 Å². The Labute approximate surface area is 212 Å². The number of para-hydroxylation sites is 1. The molecule has 1 aromatic rings. The first-order chi connectivity index (χ1) is 16.9. The van der Waals surface area contributed by atoms with Gasteiger partial charge in [-0.15, -0.1) is 11.8 Å². The van der Waals surface area contributed by atoms with Crippen LogP contribution in [0.5, 0.6) is 0 Å². The number of benzene rings is 1. The predicted molar refractivity (Wildman–Crippen MR) is 139 cm³/mol. The van der Waals surface area contributed by atoms with Gasteiger partial charge in [0.2, 0.25) is 17.7 Å². The van der Waals surface area contributed by atoms with Gasteiger partial charge in [0.15, 0.2) is 0 Å². The summed E-state index contributed by atoms with van der Waals surface area (Å²) in [6, 6.07) is 8.83. The Bertz CT molecular complexity index is 928. The number of carbonyl (C=O) groups is 3. The van der Waals surface area contributed by atoms with Gasteiger partial charge in [0, 0.05) is 30.1 Å². The van der Waals surface area contributed by atoms with Crippen molar-refractivity contribution in [2.75, 3.05) is 25.0 Å². The quantitative estimate of drug-likeness (QED) is 0.380. The summed E-state index contributed by atoms with van der Waals surface area (Å²) in [5, 5.41) is 15.2. The summed E-state index contributed by atoms with van der Waals surface area (Å²) in [5.74, 6) is -1.22. The minimum Gasteiger partial charge on any atom is -0.396 e. The van der Waals surface area contributed by atoms with E-state index < -0.39 is 22.6 Å². The predicted octanol–water partition coefficient (Wildman–Crippen LogP) is 3.58. The van der Waals surface area contributed by atoms with Gasteiger partial charge >= 0.3 is 0 Å². The third-order valence-electron chi connectivity index (χ3n) is 7.99. The number of rotatable bonds is 12. The molecule has 3 amide bonds. The van der Waals surface area contributed by atoms with Crippen LogP contribution < -0.4 is 10.6 Å². The maximum absolute atomic E-state index is 14.0. The fourth-order valence-electron chi connectivity index (χ4n) is 6.34. The molecule has 0 aromatic heterocycles. The average Bonchev–Trinajstić information content (AvgIpc) is 3.40. The molecule has 3 aliphatic heterocycles. The summed E-state index contributed by atoms with van der Waals surface area (Å²) in [6.45, 7) is 5.47. The molecule has 4 rings (SSSR count). The van der Waals surface area contributed by atoms with E-state index in [2.05, 4.69) is 24.5 Å². The lowest BCUT2D eigenvalue weighted by Crippen LogP contribution is -2.53. The maximum atomic E-state index is 14.0. The number of aliphatic hydroxyl groups excluding tert-OH is 1. The Balaban J connectivity index is 1.60. The second-order valence-electron chi connectivity index (χ2n) is 10.4. The number of amides is 3. The lowest BCUT2D eigenvalue weighted by molar-refractivity contribution is -0.139. The minimum absolute atomic E-state index is 0.0491. The standard InChI is InChI=1S/C27H39N3O4S/c1-3-4-16-28-24(33)22-27-15-14-26(2,35-27)20(23(32)29-19-12-8-7-9-13-19)21(27)25(34)30(22)17-10-5-6-11-18-31/h7-9,12-13,20-22,31H,3-6,10-11,14-18H2,1-2H3,(H,28,33)(H,29,32)/t20-,21-,22?,26+,27?/m0/s1. The van der Waals surface area contributed by atoms with E-state index >= 15 is 0 Å². The van der Waals surface area contributed by atoms with Crippen molar-refractivity contribution in [3.63, 3.8) is 0 Å². The van der Waals surface area contributed by atoms with E-state index in [1.54, 1.807) is 16.7 Å². The number of carbonyl (C=O) groups excluding carboxylic acids is 3. The molecule has 0 saturated carbocycles. The molecular weight excluding hydrogens is 462 g/mol. The molecule has 3 saturated heterocycles. The number of hydrogen-bond acceptors (Lipinski definition) is 5. The van der Waals surface area contributed by atoms with Gasteiger partial charge in [0.1, 0.15) is 6.04 Å². The summed E-state index contributed by atoms with van der Waals surface area (Å²) >= 11 is 1.71. The fourth-order valence-corrected chi connectivity index (χ4v) is 8.70. The van der Waals surface area contributed by atoms with Crippen molar-refractivity contribution in [2.45, 2.75) is 80.7 Å². The van der Waals surface area contributed by atoms with Crippen molar-refractivity contribution in [3.8, 4) is 0 Å². The molecule has 35 heavy (non-hydrogen) atoms. The van der Waals surface area contributed by atoms with Crippen molar-refractivity contribution < 1.29 is 19.5 Å². The van der Waals surface area contributed by atoms with Crippen molar-refractivity contribution in [2.24, 2.45) is 11.8 Å². The number of nitrogens with one attached hydrogen (secondary N) is 2. The van der Waals surface area contributed by atoms with Crippen LogP contribution in [0.1, 0.15) is 65.2 Å². The minimum atomic E-state index is -0.564. The Morgan fingerprint density at radius 2 is 1.83 bits per heavy atom. The SMILES string of the molecule is CCCCNC(=O)C1N(CCCCCCO)C(=O)[C@@H]2[C@@H](C(=O)Nc3ccccc3)[C@@]3(C)CCC12S3. The summed E-state index contributed by atoms with van der Waals surface area (Å²) in [4.78, 5) is 42.9. The van der Waals surface area contributed by atoms with E-state index in [0.29, 0.717) is 13.1 Å². The molecule has 2 bridgehead atoms. The van der Waals surface area contributed by atoms with E-state index in [4.69, 9.17) is 5.11 Å². The third-order valence-corrected chi connectivity index (χ3v) is 9.97. The van der Waals surface area contributed by atoms with Crippen LogP contribution in [0.3, 0.4) is 0 Å². The normalized spacial score (nSPS) is 31.0. The number of nitrogens with zero attached hydrogens (tertiary/aromatic N) is 1. The van der Waals surface area contributed by atoms with E-state index in [-0.39, 0.29) is 29.1 Å². The molecule has 1 aromatic carbocycles. The van der Waals surface area contributed by atoms with Crippen molar-refractivity contribution in [1.82, 2.24) is 10.2 Å². The largest absolute Gasteiger partial charge is 0.396 e. The molecule has 192 valence electrons. The van der Waals surface area contributed by atoms with Crippen molar-refractivity contribution in [1.29, 1.82) is 0 Å².